The molecule has 0 unspecified atom stereocenters. The summed E-state index contributed by atoms with van der Waals surface area (Å²) in [5.74, 6) is -0.661. The van der Waals surface area contributed by atoms with Crippen molar-refractivity contribution in [1.29, 1.82) is 0 Å². The fraction of sp³-hybridized carbons (Fsp3) is 0.261. The zero-order chi connectivity index (χ0) is 22.2. The molecule has 3 heterocycles. The molecule has 1 fully saturated rings. The molecule has 8 nitrogen and oxygen atoms in total. The van der Waals surface area contributed by atoms with Gasteiger partial charge in [0.15, 0.2) is 11.5 Å². The Morgan fingerprint density at radius 2 is 2.03 bits per heavy atom. The van der Waals surface area contributed by atoms with Gasteiger partial charge < -0.3 is 9.84 Å². The van der Waals surface area contributed by atoms with Crippen molar-refractivity contribution in [1.82, 2.24) is 24.7 Å². The summed E-state index contributed by atoms with van der Waals surface area (Å²) >= 11 is 0. The van der Waals surface area contributed by atoms with Crippen molar-refractivity contribution in [2.45, 2.75) is 31.7 Å². The van der Waals surface area contributed by atoms with E-state index in [0.29, 0.717) is 33.5 Å². The highest BCUT2D eigenvalue weighted by Crippen LogP contribution is 2.43. The number of carbonyl (C=O) groups is 1. The van der Waals surface area contributed by atoms with E-state index >= 15 is 0 Å². The van der Waals surface area contributed by atoms with Gasteiger partial charge in [0.2, 0.25) is 5.88 Å². The van der Waals surface area contributed by atoms with E-state index in [1.165, 1.54) is 13.2 Å². The Balaban J connectivity index is 1.62. The number of fused-ring (bicyclic) bond motifs is 1. The van der Waals surface area contributed by atoms with Crippen LogP contribution < -0.4 is 0 Å². The molecule has 9 heteroatoms. The first-order chi connectivity index (χ1) is 15.5. The number of nitrogens with zero attached hydrogens (tertiary/aromatic N) is 5. The van der Waals surface area contributed by atoms with Gasteiger partial charge in [-0.3, -0.25) is 4.79 Å². The summed E-state index contributed by atoms with van der Waals surface area (Å²) in [6.45, 7) is 0.183. The molecule has 0 bridgehead atoms. The van der Waals surface area contributed by atoms with Gasteiger partial charge in [0.1, 0.15) is 11.5 Å². The summed E-state index contributed by atoms with van der Waals surface area (Å²) in [6.07, 6.45) is 3.39. The van der Waals surface area contributed by atoms with Gasteiger partial charge in [-0.05, 0) is 31.0 Å². The van der Waals surface area contributed by atoms with Gasteiger partial charge in [-0.1, -0.05) is 18.2 Å². The number of halogens is 1. The third-order valence-corrected chi connectivity index (χ3v) is 5.53. The van der Waals surface area contributed by atoms with Crippen molar-refractivity contribution in [2.75, 3.05) is 7.11 Å². The van der Waals surface area contributed by atoms with Crippen molar-refractivity contribution < 1.29 is 19.0 Å². The van der Waals surface area contributed by atoms with Crippen molar-refractivity contribution in [3.63, 3.8) is 0 Å². The van der Waals surface area contributed by atoms with Gasteiger partial charge in [0.05, 0.1) is 31.2 Å². The maximum Gasteiger partial charge on any atom is 0.310 e. The predicted octanol–water partition coefficient (Wildman–Crippen LogP) is 3.37. The molecule has 0 spiro atoms. The molecule has 0 amide bonds. The summed E-state index contributed by atoms with van der Waals surface area (Å²) in [4.78, 5) is 25.2. The van der Waals surface area contributed by atoms with Gasteiger partial charge in [-0.25, -0.2) is 19.0 Å². The van der Waals surface area contributed by atoms with Gasteiger partial charge in [-0.15, -0.1) is 0 Å². The lowest BCUT2D eigenvalue weighted by Gasteiger charge is -2.10. The minimum Gasteiger partial charge on any atom is -0.493 e. The highest BCUT2D eigenvalue weighted by atomic mass is 19.1. The summed E-state index contributed by atoms with van der Waals surface area (Å²) < 4.78 is 20.6. The number of aromatic nitrogens is 5. The number of hydrogen-bond donors (Lipinski definition) is 1. The maximum absolute atomic E-state index is 14.2. The standard InChI is InChI=1S/C23H20FN5O3/c1-32-18(30)11-16-19(13-8-9-13)26-21(27-23(16)31)20-15-6-4-10-25-22(15)29(28-20)12-14-5-2-3-7-17(14)24/h2-7,10,13H,8-9,11-12H2,1H3,(H,26,27,31). The Bertz CT molecular complexity index is 1330. The number of benzene rings is 1. The molecule has 4 aromatic rings. The fourth-order valence-corrected chi connectivity index (χ4v) is 3.75. The smallest absolute Gasteiger partial charge is 0.310 e. The van der Waals surface area contributed by atoms with Crippen LogP contribution in [0.25, 0.3) is 22.6 Å². The Hall–Kier alpha value is -3.88. The molecule has 0 radical (unpaired) electrons. The fourth-order valence-electron chi connectivity index (χ4n) is 3.75. The van der Waals surface area contributed by atoms with Crippen LogP contribution in [0.4, 0.5) is 4.39 Å². The number of pyridine rings is 1. The second kappa shape index (κ2) is 7.99. The number of rotatable bonds is 6. The number of hydrogen-bond acceptors (Lipinski definition) is 7. The minimum atomic E-state index is -0.470. The third kappa shape index (κ3) is 3.66. The number of carbonyl (C=O) groups excluding carboxylic acids is 1. The minimum absolute atomic E-state index is 0.0987. The van der Waals surface area contributed by atoms with E-state index < -0.39 is 5.97 Å². The van der Waals surface area contributed by atoms with E-state index in [4.69, 9.17) is 4.74 Å². The van der Waals surface area contributed by atoms with Gasteiger partial charge in [0, 0.05) is 23.2 Å². The Kier molecular flexibility index (Phi) is 5.01. The molecule has 5 rings (SSSR count). The first-order valence-electron chi connectivity index (χ1n) is 10.3. The molecule has 1 N–H and O–H groups in total. The number of methoxy groups -OCH3 is 1. The van der Waals surface area contributed by atoms with Gasteiger partial charge in [-0.2, -0.15) is 10.1 Å². The lowest BCUT2D eigenvalue weighted by molar-refractivity contribution is -0.139. The topological polar surface area (TPSA) is 103 Å². The Morgan fingerprint density at radius 1 is 1.22 bits per heavy atom. The number of aromatic hydroxyl groups is 1. The van der Waals surface area contributed by atoms with Crippen molar-refractivity contribution in [3.05, 3.63) is 65.2 Å². The van der Waals surface area contributed by atoms with Crippen molar-refractivity contribution >= 4 is 17.0 Å². The molecule has 1 aromatic carbocycles. The largest absolute Gasteiger partial charge is 0.493 e. The Morgan fingerprint density at radius 3 is 2.78 bits per heavy atom. The molecule has 0 aliphatic heterocycles. The van der Waals surface area contributed by atoms with Crippen LogP contribution in [0.1, 0.15) is 35.6 Å². The highest BCUT2D eigenvalue weighted by Gasteiger charge is 2.32. The highest BCUT2D eigenvalue weighted by molar-refractivity contribution is 5.89. The second-order valence-corrected chi connectivity index (χ2v) is 7.73. The van der Waals surface area contributed by atoms with Crippen LogP contribution >= 0.6 is 0 Å². The lowest BCUT2D eigenvalue weighted by Crippen LogP contribution is -2.10. The predicted molar refractivity (Wildman–Crippen MR) is 113 cm³/mol. The molecule has 162 valence electrons. The normalized spacial score (nSPS) is 13.4. The molecular weight excluding hydrogens is 413 g/mol. The van der Waals surface area contributed by atoms with Crippen molar-refractivity contribution in [2.24, 2.45) is 0 Å². The first-order valence-corrected chi connectivity index (χ1v) is 10.3. The van der Waals surface area contributed by atoms with Gasteiger partial charge >= 0.3 is 5.97 Å². The zero-order valence-electron chi connectivity index (χ0n) is 17.3. The summed E-state index contributed by atoms with van der Waals surface area (Å²) in [6, 6.07) is 10.1. The van der Waals surface area contributed by atoms with E-state index in [1.807, 2.05) is 6.07 Å². The zero-order valence-corrected chi connectivity index (χ0v) is 17.3. The molecule has 0 atom stereocenters. The molecular formula is C23H20FN5O3. The summed E-state index contributed by atoms with van der Waals surface area (Å²) in [5.41, 5.74) is 2.49. The molecule has 32 heavy (non-hydrogen) atoms. The van der Waals surface area contributed by atoms with E-state index in [-0.39, 0.29) is 36.4 Å². The SMILES string of the molecule is COC(=O)Cc1c(O)nc(-c2nn(Cc3ccccc3F)c3ncccc23)nc1C1CC1. The molecule has 1 aliphatic carbocycles. The van der Waals surface area contributed by atoms with Crippen LogP contribution in [0, 0.1) is 5.82 Å². The van der Waals surface area contributed by atoms with Crippen LogP contribution in [0.15, 0.2) is 42.6 Å². The first kappa shape index (κ1) is 20.0. The summed E-state index contributed by atoms with van der Waals surface area (Å²) in [7, 11) is 1.30. The van der Waals surface area contributed by atoms with Crippen LogP contribution in [0.5, 0.6) is 5.88 Å². The van der Waals surface area contributed by atoms with Crippen molar-refractivity contribution in [3.8, 4) is 17.4 Å². The maximum atomic E-state index is 14.2. The molecule has 0 saturated heterocycles. The van der Waals surface area contributed by atoms with E-state index in [2.05, 4.69) is 20.1 Å². The number of esters is 1. The van der Waals surface area contributed by atoms with E-state index in [1.54, 1.807) is 35.1 Å². The Labute approximate surface area is 182 Å². The quantitative estimate of drug-likeness (QED) is 0.465. The monoisotopic (exact) mass is 433 g/mol. The van der Waals surface area contributed by atoms with Crippen LogP contribution in [0.2, 0.25) is 0 Å². The third-order valence-electron chi connectivity index (χ3n) is 5.53. The average Bonchev–Trinajstić information content (AvgIpc) is 3.58. The van der Waals surface area contributed by atoms with Gasteiger partial charge in [0.25, 0.3) is 0 Å². The molecule has 3 aromatic heterocycles. The van der Waals surface area contributed by atoms with Crippen LogP contribution in [-0.4, -0.2) is 42.9 Å². The number of ether oxygens (including phenoxy) is 1. The average molecular weight is 433 g/mol. The lowest BCUT2D eigenvalue weighted by atomic mass is 10.1. The molecule has 1 aliphatic rings. The second-order valence-electron chi connectivity index (χ2n) is 7.73. The summed E-state index contributed by atoms with van der Waals surface area (Å²) in [5, 5.41) is 16.0. The van der Waals surface area contributed by atoms with E-state index in [0.717, 1.165) is 12.8 Å². The van der Waals surface area contributed by atoms with E-state index in [9.17, 15) is 14.3 Å². The van der Waals surface area contributed by atoms with Crippen LogP contribution in [-0.2, 0) is 22.5 Å². The van der Waals surface area contributed by atoms with Crippen LogP contribution in [0.3, 0.4) is 0 Å². The molecule has 1 saturated carbocycles.